The van der Waals surface area contributed by atoms with Crippen molar-refractivity contribution >= 4 is 17.8 Å². The number of aliphatic carboxylic acids is 1. The average molecular weight is 245 g/mol. The van der Waals surface area contributed by atoms with Crippen molar-refractivity contribution in [3.63, 3.8) is 0 Å². The number of rotatable bonds is 7. The molecule has 0 aromatic rings. The molecule has 0 bridgehead atoms. The third-order valence-corrected chi connectivity index (χ3v) is 2.49. The highest BCUT2D eigenvalue weighted by Gasteiger charge is 2.26. The van der Waals surface area contributed by atoms with Gasteiger partial charge in [0.25, 0.3) is 0 Å². The first kappa shape index (κ1) is 15.4. The lowest BCUT2D eigenvalue weighted by Crippen LogP contribution is -2.34. The molecule has 0 saturated carbocycles. The summed E-state index contributed by atoms with van der Waals surface area (Å²) in [5.41, 5.74) is 0. The maximum Gasteiger partial charge on any atom is 0.309 e. The minimum absolute atomic E-state index is 0.124. The van der Waals surface area contributed by atoms with E-state index in [2.05, 4.69) is 4.74 Å². The van der Waals surface area contributed by atoms with E-state index in [1.165, 1.54) is 7.11 Å². The number of carbonyl (C=O) groups is 3. The molecule has 1 amide bonds. The zero-order valence-corrected chi connectivity index (χ0v) is 10.4. The summed E-state index contributed by atoms with van der Waals surface area (Å²) in [5, 5.41) is 8.66. The SMILES string of the molecule is CCN(CC)C(=O)CC(CC(=O)O)C(=O)OC. The molecule has 0 rings (SSSR count). The molecule has 1 unspecified atom stereocenters. The minimum atomic E-state index is -1.12. The molecule has 0 aliphatic rings. The number of carboxylic acid groups (broad SMARTS) is 1. The Morgan fingerprint density at radius 1 is 1.18 bits per heavy atom. The quantitative estimate of drug-likeness (QED) is 0.661. The number of nitrogens with zero attached hydrogens (tertiary/aromatic N) is 1. The molecule has 0 saturated heterocycles. The Labute approximate surface area is 101 Å². The molecule has 98 valence electrons. The van der Waals surface area contributed by atoms with E-state index in [1.807, 2.05) is 13.8 Å². The van der Waals surface area contributed by atoms with E-state index < -0.39 is 17.9 Å². The van der Waals surface area contributed by atoms with Crippen molar-refractivity contribution in [2.45, 2.75) is 26.7 Å². The number of ether oxygens (including phenoxy) is 1. The van der Waals surface area contributed by atoms with Crippen LogP contribution in [0, 0.1) is 5.92 Å². The second kappa shape index (κ2) is 7.65. The van der Waals surface area contributed by atoms with Gasteiger partial charge in [0, 0.05) is 19.5 Å². The zero-order valence-electron chi connectivity index (χ0n) is 10.4. The molecule has 0 spiro atoms. The summed E-state index contributed by atoms with van der Waals surface area (Å²) >= 11 is 0. The van der Waals surface area contributed by atoms with Crippen LogP contribution in [0.4, 0.5) is 0 Å². The van der Waals surface area contributed by atoms with E-state index in [0.29, 0.717) is 13.1 Å². The third-order valence-electron chi connectivity index (χ3n) is 2.49. The van der Waals surface area contributed by atoms with Crippen molar-refractivity contribution in [1.82, 2.24) is 4.90 Å². The van der Waals surface area contributed by atoms with Gasteiger partial charge >= 0.3 is 11.9 Å². The van der Waals surface area contributed by atoms with Crippen LogP contribution in [0.3, 0.4) is 0 Å². The van der Waals surface area contributed by atoms with Crippen molar-refractivity contribution in [1.29, 1.82) is 0 Å². The van der Waals surface area contributed by atoms with Gasteiger partial charge in [-0.25, -0.2) is 0 Å². The van der Waals surface area contributed by atoms with Gasteiger partial charge in [-0.05, 0) is 13.8 Å². The predicted molar refractivity (Wildman–Crippen MR) is 60.3 cm³/mol. The summed E-state index contributed by atoms with van der Waals surface area (Å²) in [6, 6.07) is 0. The molecule has 0 aliphatic carbocycles. The van der Waals surface area contributed by atoms with Gasteiger partial charge in [0.05, 0.1) is 19.4 Å². The van der Waals surface area contributed by atoms with Gasteiger partial charge in [-0.15, -0.1) is 0 Å². The second-order valence-electron chi connectivity index (χ2n) is 3.59. The van der Waals surface area contributed by atoms with Gasteiger partial charge in [0.1, 0.15) is 0 Å². The number of hydrogen-bond donors (Lipinski definition) is 1. The van der Waals surface area contributed by atoms with Crippen molar-refractivity contribution in [3.05, 3.63) is 0 Å². The maximum atomic E-state index is 11.7. The Kier molecular flexibility index (Phi) is 6.93. The highest BCUT2D eigenvalue weighted by atomic mass is 16.5. The number of amides is 1. The fraction of sp³-hybridized carbons (Fsp3) is 0.727. The monoisotopic (exact) mass is 245 g/mol. The molecule has 0 aromatic carbocycles. The number of esters is 1. The van der Waals surface area contributed by atoms with Crippen LogP contribution in [0.1, 0.15) is 26.7 Å². The Bertz CT molecular complexity index is 286. The van der Waals surface area contributed by atoms with Crippen LogP contribution in [0.2, 0.25) is 0 Å². The molecule has 1 N–H and O–H groups in total. The molecular weight excluding hydrogens is 226 g/mol. The maximum absolute atomic E-state index is 11.7. The number of hydrogen-bond acceptors (Lipinski definition) is 4. The Morgan fingerprint density at radius 2 is 1.71 bits per heavy atom. The summed E-state index contributed by atoms with van der Waals surface area (Å²) in [6.45, 7) is 4.73. The molecule has 6 heteroatoms. The second-order valence-corrected chi connectivity index (χ2v) is 3.59. The van der Waals surface area contributed by atoms with Crippen LogP contribution >= 0.6 is 0 Å². The Morgan fingerprint density at radius 3 is 2.06 bits per heavy atom. The first-order valence-corrected chi connectivity index (χ1v) is 5.53. The van der Waals surface area contributed by atoms with Gasteiger partial charge in [-0.2, -0.15) is 0 Å². The van der Waals surface area contributed by atoms with Crippen LogP contribution in [0.5, 0.6) is 0 Å². The summed E-state index contributed by atoms with van der Waals surface area (Å²) in [6.07, 6.45) is -0.514. The van der Waals surface area contributed by atoms with Crippen molar-refractivity contribution in [2.75, 3.05) is 20.2 Å². The molecule has 0 aromatic heterocycles. The van der Waals surface area contributed by atoms with Gasteiger partial charge in [0.15, 0.2) is 0 Å². The summed E-state index contributed by atoms with van der Waals surface area (Å²) in [7, 11) is 1.18. The van der Waals surface area contributed by atoms with Crippen LogP contribution < -0.4 is 0 Å². The third kappa shape index (κ3) is 5.33. The fourth-order valence-corrected chi connectivity index (χ4v) is 1.53. The molecule has 0 radical (unpaired) electrons. The van der Waals surface area contributed by atoms with E-state index in [4.69, 9.17) is 5.11 Å². The van der Waals surface area contributed by atoms with E-state index in [0.717, 1.165) is 0 Å². The Balaban J connectivity index is 4.57. The smallest absolute Gasteiger partial charge is 0.309 e. The molecule has 1 atom stereocenters. The van der Waals surface area contributed by atoms with Gasteiger partial charge in [-0.3, -0.25) is 14.4 Å². The van der Waals surface area contributed by atoms with Crippen LogP contribution in [0.25, 0.3) is 0 Å². The normalized spacial score (nSPS) is 11.7. The van der Waals surface area contributed by atoms with E-state index in [-0.39, 0.29) is 18.7 Å². The number of carboxylic acids is 1. The molecule has 0 aliphatic heterocycles. The lowest BCUT2D eigenvalue weighted by Gasteiger charge is -2.20. The van der Waals surface area contributed by atoms with Crippen LogP contribution in [0.15, 0.2) is 0 Å². The lowest BCUT2D eigenvalue weighted by molar-refractivity contribution is -0.153. The topological polar surface area (TPSA) is 83.9 Å². The van der Waals surface area contributed by atoms with E-state index in [9.17, 15) is 14.4 Å². The predicted octanol–water partition coefficient (Wildman–Crippen LogP) is 0.509. The largest absolute Gasteiger partial charge is 0.481 e. The van der Waals surface area contributed by atoms with E-state index >= 15 is 0 Å². The van der Waals surface area contributed by atoms with Crippen LogP contribution in [-0.2, 0) is 19.1 Å². The standard InChI is InChI=1S/C11H19NO5/c1-4-12(5-2)9(13)6-8(7-10(14)15)11(16)17-3/h8H,4-7H2,1-3H3,(H,14,15). The highest BCUT2D eigenvalue weighted by molar-refractivity contribution is 5.85. The highest BCUT2D eigenvalue weighted by Crippen LogP contribution is 2.13. The average Bonchev–Trinajstić information content (AvgIpc) is 2.28. The Hall–Kier alpha value is -1.59. The van der Waals surface area contributed by atoms with Gasteiger partial charge < -0.3 is 14.7 Å². The fourth-order valence-electron chi connectivity index (χ4n) is 1.53. The van der Waals surface area contributed by atoms with Crippen molar-refractivity contribution in [3.8, 4) is 0 Å². The molecule has 6 nitrogen and oxygen atoms in total. The molecule has 0 heterocycles. The van der Waals surface area contributed by atoms with Crippen LogP contribution in [-0.4, -0.2) is 48.1 Å². The summed E-state index contributed by atoms with van der Waals surface area (Å²) in [4.78, 5) is 35.2. The van der Waals surface area contributed by atoms with Crippen molar-refractivity contribution in [2.24, 2.45) is 5.92 Å². The minimum Gasteiger partial charge on any atom is -0.481 e. The summed E-state index contributed by atoms with van der Waals surface area (Å²) in [5.74, 6) is -2.92. The molecule has 0 fully saturated rings. The molecular formula is C11H19NO5. The zero-order chi connectivity index (χ0) is 13.4. The number of carbonyl (C=O) groups excluding carboxylic acids is 2. The summed E-state index contributed by atoms with van der Waals surface area (Å²) < 4.78 is 4.49. The van der Waals surface area contributed by atoms with Crippen molar-refractivity contribution < 1.29 is 24.2 Å². The van der Waals surface area contributed by atoms with Gasteiger partial charge in [0.2, 0.25) is 5.91 Å². The molecule has 17 heavy (non-hydrogen) atoms. The van der Waals surface area contributed by atoms with E-state index in [1.54, 1.807) is 4.90 Å². The first-order valence-electron chi connectivity index (χ1n) is 5.53. The first-order chi connectivity index (χ1) is 7.96. The number of methoxy groups -OCH3 is 1. The van der Waals surface area contributed by atoms with Gasteiger partial charge in [-0.1, -0.05) is 0 Å². The lowest BCUT2D eigenvalue weighted by atomic mass is 10.0.